The van der Waals surface area contributed by atoms with E-state index < -0.39 is 11.6 Å². The molecular weight excluding hydrogens is 395 g/mol. The van der Waals surface area contributed by atoms with E-state index in [0.717, 1.165) is 0 Å². The smallest absolute Gasteiger partial charge is 0.215 e. The number of ether oxygens (including phenoxy) is 1. The number of ketones is 1. The second kappa shape index (κ2) is 6.60. The monoisotopic (exact) mass is 404 g/mol. The molecule has 0 aliphatic rings. The van der Waals surface area contributed by atoms with Crippen molar-refractivity contribution in [3.8, 4) is 0 Å². The molecule has 0 N–H and O–H groups in total. The number of aromatic nitrogens is 2. The number of nitrogens with zero attached hydrogens (tertiary/aromatic N) is 2. The van der Waals surface area contributed by atoms with Crippen LogP contribution in [0.5, 0.6) is 0 Å². The highest BCUT2D eigenvalue weighted by atomic mass is 79.9. The summed E-state index contributed by atoms with van der Waals surface area (Å²) in [6, 6.07) is 4.61. The van der Waals surface area contributed by atoms with Crippen LogP contribution in [0.4, 0.5) is 4.39 Å². The van der Waals surface area contributed by atoms with Crippen LogP contribution in [-0.2, 0) is 11.3 Å². The number of rotatable bonds is 5. The minimum absolute atomic E-state index is 0.000702. The lowest BCUT2D eigenvalue weighted by molar-refractivity contribution is 0.102. The van der Waals surface area contributed by atoms with Gasteiger partial charge in [0.1, 0.15) is 11.5 Å². The fourth-order valence-corrected chi connectivity index (χ4v) is 2.58. The van der Waals surface area contributed by atoms with Gasteiger partial charge in [-0.15, -0.1) is 0 Å². The first-order valence-corrected chi connectivity index (χ1v) is 7.33. The quantitative estimate of drug-likeness (QED) is 0.716. The fourth-order valence-electron chi connectivity index (χ4n) is 1.74. The summed E-state index contributed by atoms with van der Waals surface area (Å²) in [5.41, 5.74) is 0.304. The molecule has 1 heterocycles. The van der Waals surface area contributed by atoms with Gasteiger partial charge < -0.3 is 4.74 Å². The van der Waals surface area contributed by atoms with E-state index in [4.69, 9.17) is 4.74 Å². The lowest BCUT2D eigenvalue weighted by atomic mass is 10.1. The van der Waals surface area contributed by atoms with Gasteiger partial charge in [-0.05, 0) is 44.0 Å². The fraction of sp³-hybridized carbons (Fsp3) is 0.231. The number of hydrogen-bond donors (Lipinski definition) is 0. The lowest BCUT2D eigenvalue weighted by Gasteiger charge is -2.08. The van der Waals surface area contributed by atoms with Crippen LogP contribution < -0.4 is 0 Å². The number of halogens is 3. The van der Waals surface area contributed by atoms with Crippen LogP contribution >= 0.6 is 31.9 Å². The zero-order valence-electron chi connectivity index (χ0n) is 10.6. The molecule has 0 saturated carbocycles. The van der Waals surface area contributed by atoms with Gasteiger partial charge in [0, 0.05) is 7.11 Å². The molecule has 0 bridgehead atoms. The average molecular weight is 406 g/mol. The SMILES string of the molecule is COCCn1ncc(Br)c1C(=O)c1cccc(Br)c1F. The van der Waals surface area contributed by atoms with Crippen molar-refractivity contribution in [3.63, 3.8) is 0 Å². The van der Waals surface area contributed by atoms with E-state index in [-0.39, 0.29) is 10.0 Å². The molecule has 1 aromatic heterocycles. The molecule has 106 valence electrons. The van der Waals surface area contributed by atoms with Crippen LogP contribution in [0.2, 0.25) is 0 Å². The third-order valence-electron chi connectivity index (χ3n) is 2.71. The summed E-state index contributed by atoms with van der Waals surface area (Å²) in [6.07, 6.45) is 1.51. The maximum absolute atomic E-state index is 14.0. The molecule has 0 atom stereocenters. The average Bonchev–Trinajstić information content (AvgIpc) is 2.80. The summed E-state index contributed by atoms with van der Waals surface area (Å²) < 4.78 is 21.3. The molecule has 0 fully saturated rings. The summed E-state index contributed by atoms with van der Waals surface area (Å²) in [5, 5.41) is 4.09. The Balaban J connectivity index is 2.43. The molecule has 0 unspecified atom stereocenters. The van der Waals surface area contributed by atoms with Crippen LogP contribution in [0.25, 0.3) is 0 Å². The molecule has 0 saturated heterocycles. The summed E-state index contributed by atoms with van der Waals surface area (Å²) in [4.78, 5) is 12.5. The van der Waals surface area contributed by atoms with Gasteiger partial charge >= 0.3 is 0 Å². The topological polar surface area (TPSA) is 44.1 Å². The van der Waals surface area contributed by atoms with Crippen molar-refractivity contribution in [2.45, 2.75) is 6.54 Å². The minimum Gasteiger partial charge on any atom is -0.383 e. The van der Waals surface area contributed by atoms with Crippen molar-refractivity contribution in [1.82, 2.24) is 9.78 Å². The van der Waals surface area contributed by atoms with Crippen LogP contribution in [0, 0.1) is 5.82 Å². The lowest BCUT2D eigenvalue weighted by Crippen LogP contribution is -2.15. The Kier molecular flexibility index (Phi) is 5.06. The number of hydrogen-bond acceptors (Lipinski definition) is 3. The van der Waals surface area contributed by atoms with Gasteiger partial charge in [0.15, 0.2) is 0 Å². The minimum atomic E-state index is -0.580. The summed E-state index contributed by atoms with van der Waals surface area (Å²) >= 11 is 6.35. The molecule has 0 aliphatic carbocycles. The van der Waals surface area contributed by atoms with E-state index in [1.54, 1.807) is 19.2 Å². The van der Waals surface area contributed by atoms with Crippen LogP contribution in [0.1, 0.15) is 16.1 Å². The molecule has 0 radical (unpaired) electrons. The third-order valence-corrected chi connectivity index (χ3v) is 3.91. The number of carbonyl (C=O) groups excluding carboxylic acids is 1. The van der Waals surface area contributed by atoms with Gasteiger partial charge in [-0.25, -0.2) is 4.39 Å². The summed E-state index contributed by atoms with van der Waals surface area (Å²) in [5.74, 6) is -1.01. The zero-order valence-corrected chi connectivity index (χ0v) is 13.7. The van der Waals surface area contributed by atoms with E-state index in [9.17, 15) is 9.18 Å². The van der Waals surface area contributed by atoms with Gasteiger partial charge in [-0.1, -0.05) is 6.07 Å². The summed E-state index contributed by atoms with van der Waals surface area (Å²) in [7, 11) is 1.56. The molecular formula is C13H11Br2FN2O2. The van der Waals surface area contributed by atoms with Gasteiger partial charge in [0.25, 0.3) is 0 Å². The molecule has 4 nitrogen and oxygen atoms in total. The maximum Gasteiger partial charge on any atom is 0.215 e. The molecule has 0 amide bonds. The normalized spacial score (nSPS) is 10.8. The van der Waals surface area contributed by atoms with E-state index in [1.165, 1.54) is 16.9 Å². The first-order valence-electron chi connectivity index (χ1n) is 5.75. The van der Waals surface area contributed by atoms with Crippen molar-refractivity contribution >= 4 is 37.6 Å². The van der Waals surface area contributed by atoms with Crippen molar-refractivity contribution < 1.29 is 13.9 Å². The second-order valence-corrected chi connectivity index (χ2v) is 5.70. The number of methoxy groups -OCH3 is 1. The highest BCUT2D eigenvalue weighted by Gasteiger charge is 2.22. The molecule has 0 spiro atoms. The predicted molar refractivity (Wildman–Crippen MR) is 79.3 cm³/mol. The van der Waals surface area contributed by atoms with Gasteiger partial charge in [0.05, 0.1) is 33.9 Å². The highest BCUT2D eigenvalue weighted by molar-refractivity contribution is 9.10. The Morgan fingerprint density at radius 3 is 2.85 bits per heavy atom. The van der Waals surface area contributed by atoms with Gasteiger partial charge in [0.2, 0.25) is 5.78 Å². The highest BCUT2D eigenvalue weighted by Crippen LogP contribution is 2.24. The molecule has 7 heteroatoms. The van der Waals surface area contributed by atoms with Crippen molar-refractivity contribution in [2.24, 2.45) is 0 Å². The van der Waals surface area contributed by atoms with Gasteiger partial charge in [-0.2, -0.15) is 5.10 Å². The number of benzene rings is 1. The Morgan fingerprint density at radius 2 is 2.15 bits per heavy atom. The van der Waals surface area contributed by atoms with Crippen molar-refractivity contribution in [3.05, 3.63) is 50.4 Å². The molecule has 2 rings (SSSR count). The van der Waals surface area contributed by atoms with E-state index >= 15 is 0 Å². The van der Waals surface area contributed by atoms with Crippen molar-refractivity contribution in [1.29, 1.82) is 0 Å². The van der Waals surface area contributed by atoms with Crippen LogP contribution in [-0.4, -0.2) is 29.3 Å². The molecule has 0 aliphatic heterocycles. The first kappa shape index (κ1) is 15.3. The Morgan fingerprint density at radius 1 is 1.40 bits per heavy atom. The van der Waals surface area contributed by atoms with E-state index in [0.29, 0.717) is 23.3 Å². The largest absolute Gasteiger partial charge is 0.383 e. The van der Waals surface area contributed by atoms with Gasteiger partial charge in [-0.3, -0.25) is 9.48 Å². The van der Waals surface area contributed by atoms with E-state index in [2.05, 4.69) is 37.0 Å². The summed E-state index contributed by atoms with van der Waals surface area (Å²) in [6.45, 7) is 0.828. The maximum atomic E-state index is 14.0. The molecule has 2 aromatic rings. The van der Waals surface area contributed by atoms with Crippen LogP contribution in [0.15, 0.2) is 33.3 Å². The number of carbonyl (C=O) groups is 1. The second-order valence-electron chi connectivity index (χ2n) is 3.99. The Hall–Kier alpha value is -1.05. The predicted octanol–water partition coefficient (Wildman–Crippen LogP) is 3.42. The van der Waals surface area contributed by atoms with Crippen LogP contribution in [0.3, 0.4) is 0 Å². The zero-order chi connectivity index (χ0) is 14.7. The van der Waals surface area contributed by atoms with Crippen molar-refractivity contribution in [2.75, 3.05) is 13.7 Å². The molecule has 1 aromatic carbocycles. The standard InChI is InChI=1S/C13H11Br2FN2O2/c1-20-6-5-18-12(10(15)7-17-18)13(19)8-3-2-4-9(14)11(8)16/h2-4,7H,5-6H2,1H3. The Labute approximate surface area is 132 Å². The Bertz CT molecular complexity index is 643. The third kappa shape index (κ3) is 2.99. The van der Waals surface area contributed by atoms with E-state index in [1.807, 2.05) is 0 Å². The first-order chi connectivity index (χ1) is 9.56. The molecule has 20 heavy (non-hydrogen) atoms.